The van der Waals surface area contributed by atoms with Crippen molar-refractivity contribution in [2.75, 3.05) is 25.5 Å². The van der Waals surface area contributed by atoms with Crippen molar-refractivity contribution in [3.05, 3.63) is 53.6 Å². The van der Waals surface area contributed by atoms with Crippen LogP contribution in [0.2, 0.25) is 0 Å². The van der Waals surface area contributed by atoms with Crippen molar-refractivity contribution in [2.24, 2.45) is 0 Å². The van der Waals surface area contributed by atoms with Crippen molar-refractivity contribution in [3.63, 3.8) is 0 Å². The van der Waals surface area contributed by atoms with Crippen molar-refractivity contribution in [3.8, 4) is 5.75 Å². The molecule has 2 aromatic rings. The van der Waals surface area contributed by atoms with Crippen LogP contribution in [0.15, 0.2) is 47.4 Å². The zero-order valence-corrected chi connectivity index (χ0v) is 17.8. The number of rotatable bonds is 8. The number of sulfonamides is 1. The van der Waals surface area contributed by atoms with Crippen LogP contribution >= 0.6 is 0 Å². The van der Waals surface area contributed by atoms with Gasteiger partial charge in [-0.05, 0) is 61.6 Å². The summed E-state index contributed by atoms with van der Waals surface area (Å²) in [5.41, 5.74) is 2.18. The molecule has 6 nitrogen and oxygen atoms in total. The predicted octanol–water partition coefficient (Wildman–Crippen LogP) is 4.07. The Morgan fingerprint density at radius 2 is 1.79 bits per heavy atom. The Bertz CT molecular complexity index is 949. The summed E-state index contributed by atoms with van der Waals surface area (Å²) in [6, 6.07) is 12.3. The molecule has 1 fully saturated rings. The number of anilines is 1. The van der Waals surface area contributed by atoms with Crippen LogP contribution in [0.3, 0.4) is 0 Å². The Balaban J connectivity index is 1.80. The maximum Gasteiger partial charge on any atom is 0.255 e. The summed E-state index contributed by atoms with van der Waals surface area (Å²) in [5.74, 6) is -0.111. The molecule has 0 unspecified atom stereocenters. The molecule has 0 aliphatic carbocycles. The summed E-state index contributed by atoms with van der Waals surface area (Å²) in [7, 11) is -2.27. The van der Waals surface area contributed by atoms with E-state index in [1.54, 1.807) is 6.07 Å². The summed E-state index contributed by atoms with van der Waals surface area (Å²) < 4.78 is 32.7. The molecule has 0 radical (unpaired) electrons. The summed E-state index contributed by atoms with van der Waals surface area (Å²) in [4.78, 5) is 12.7. The average molecular weight is 417 g/mol. The lowest BCUT2D eigenvalue weighted by molar-refractivity contribution is 0.102. The highest BCUT2D eigenvalue weighted by Crippen LogP contribution is 2.30. The molecule has 1 saturated heterocycles. The topological polar surface area (TPSA) is 75.7 Å². The maximum atomic E-state index is 13.0. The average Bonchev–Trinajstić information content (AvgIpc) is 3.28. The lowest BCUT2D eigenvalue weighted by atomic mass is 10.1. The highest BCUT2D eigenvalue weighted by molar-refractivity contribution is 7.89. The fourth-order valence-electron chi connectivity index (χ4n) is 3.43. The zero-order valence-electron chi connectivity index (χ0n) is 17.0. The monoisotopic (exact) mass is 416 g/mol. The lowest BCUT2D eigenvalue weighted by Gasteiger charge is -2.18. The molecule has 1 aliphatic heterocycles. The fraction of sp³-hybridized carbons (Fsp3) is 0.409. The Kier molecular flexibility index (Phi) is 6.92. The Morgan fingerprint density at radius 1 is 1.10 bits per heavy atom. The number of hydrogen-bond acceptors (Lipinski definition) is 4. The third-order valence-electron chi connectivity index (χ3n) is 5.14. The van der Waals surface area contributed by atoms with Gasteiger partial charge in [-0.1, -0.05) is 25.5 Å². The molecule has 0 aromatic heterocycles. The Labute approximate surface area is 172 Å². The van der Waals surface area contributed by atoms with Gasteiger partial charge in [0.15, 0.2) is 0 Å². The summed E-state index contributed by atoms with van der Waals surface area (Å²) in [5, 5.41) is 2.84. The van der Waals surface area contributed by atoms with E-state index in [1.165, 1.54) is 29.1 Å². The van der Waals surface area contributed by atoms with Crippen molar-refractivity contribution < 1.29 is 17.9 Å². The molecule has 1 heterocycles. The number of ether oxygens (including phenoxy) is 1. The molecular formula is C22H28N2O4S. The van der Waals surface area contributed by atoms with Gasteiger partial charge in [-0.2, -0.15) is 4.31 Å². The Morgan fingerprint density at radius 3 is 2.41 bits per heavy atom. The quantitative estimate of drug-likeness (QED) is 0.704. The maximum absolute atomic E-state index is 13.0. The third kappa shape index (κ3) is 4.97. The third-order valence-corrected chi connectivity index (χ3v) is 7.06. The van der Waals surface area contributed by atoms with Crippen LogP contribution in [-0.4, -0.2) is 38.8 Å². The van der Waals surface area contributed by atoms with Crippen LogP contribution in [0.5, 0.6) is 5.75 Å². The standard InChI is InChI=1S/C22H28N2O4S/c1-3-4-7-17-8-11-19(12-9-17)23-22(25)18-10-13-20(28-2)21(16-18)29(26,27)24-14-5-6-15-24/h8-13,16H,3-7,14-15H2,1-2H3,(H,23,25). The van der Waals surface area contributed by atoms with Crippen LogP contribution in [0.4, 0.5) is 5.69 Å². The van der Waals surface area contributed by atoms with Gasteiger partial charge < -0.3 is 10.1 Å². The van der Waals surface area contributed by atoms with Crippen LogP contribution in [0, 0.1) is 0 Å². The van der Waals surface area contributed by atoms with Gasteiger partial charge in [-0.3, -0.25) is 4.79 Å². The molecular weight excluding hydrogens is 388 g/mol. The molecule has 156 valence electrons. The molecule has 0 saturated carbocycles. The number of carbonyl (C=O) groups is 1. The number of nitrogens with zero attached hydrogens (tertiary/aromatic N) is 1. The van der Waals surface area contributed by atoms with E-state index in [0.717, 1.165) is 32.1 Å². The largest absolute Gasteiger partial charge is 0.495 e. The van der Waals surface area contributed by atoms with Gasteiger partial charge in [-0.25, -0.2) is 8.42 Å². The second-order valence-corrected chi connectivity index (χ2v) is 9.14. The Hall–Kier alpha value is -2.38. The molecule has 1 amide bonds. The zero-order chi connectivity index (χ0) is 20.9. The molecule has 29 heavy (non-hydrogen) atoms. The van der Waals surface area contributed by atoms with E-state index >= 15 is 0 Å². The van der Waals surface area contributed by atoms with Gasteiger partial charge in [0.1, 0.15) is 10.6 Å². The molecule has 0 atom stereocenters. The van der Waals surface area contributed by atoms with E-state index in [-0.39, 0.29) is 22.1 Å². The first-order chi connectivity index (χ1) is 14.0. The first kappa shape index (κ1) is 21.3. The van der Waals surface area contributed by atoms with E-state index in [4.69, 9.17) is 4.74 Å². The number of carbonyl (C=O) groups excluding carboxylic acids is 1. The fourth-order valence-corrected chi connectivity index (χ4v) is 5.12. The normalized spacial score (nSPS) is 14.7. The van der Waals surface area contributed by atoms with Crippen LogP contribution < -0.4 is 10.1 Å². The second-order valence-electron chi connectivity index (χ2n) is 7.23. The van der Waals surface area contributed by atoms with Gasteiger partial charge in [0.25, 0.3) is 5.91 Å². The van der Waals surface area contributed by atoms with Gasteiger partial charge in [0, 0.05) is 24.3 Å². The smallest absolute Gasteiger partial charge is 0.255 e. The van der Waals surface area contributed by atoms with Crippen molar-refractivity contribution in [2.45, 2.75) is 43.9 Å². The van der Waals surface area contributed by atoms with Crippen molar-refractivity contribution >= 4 is 21.6 Å². The number of aryl methyl sites for hydroxylation is 1. The summed E-state index contributed by atoms with van der Waals surface area (Å²) in [6.45, 7) is 3.14. The van der Waals surface area contributed by atoms with Gasteiger partial charge in [0.05, 0.1) is 7.11 Å². The number of methoxy groups -OCH3 is 1. The van der Waals surface area contributed by atoms with E-state index in [9.17, 15) is 13.2 Å². The molecule has 0 spiro atoms. The number of nitrogens with one attached hydrogen (secondary N) is 1. The summed E-state index contributed by atoms with van der Waals surface area (Å²) in [6.07, 6.45) is 4.97. The second kappa shape index (κ2) is 9.41. The van der Waals surface area contributed by atoms with E-state index < -0.39 is 10.0 Å². The lowest BCUT2D eigenvalue weighted by Crippen LogP contribution is -2.28. The van der Waals surface area contributed by atoms with Crippen LogP contribution in [-0.2, 0) is 16.4 Å². The first-order valence-electron chi connectivity index (χ1n) is 10.0. The van der Waals surface area contributed by atoms with Gasteiger partial charge in [-0.15, -0.1) is 0 Å². The van der Waals surface area contributed by atoms with Crippen LogP contribution in [0.25, 0.3) is 0 Å². The number of unbranched alkanes of at least 4 members (excludes halogenated alkanes) is 1. The first-order valence-corrected chi connectivity index (χ1v) is 11.5. The minimum atomic E-state index is -3.70. The predicted molar refractivity (Wildman–Crippen MR) is 114 cm³/mol. The minimum absolute atomic E-state index is 0.0319. The molecule has 1 aliphatic rings. The highest BCUT2D eigenvalue weighted by atomic mass is 32.2. The minimum Gasteiger partial charge on any atom is -0.495 e. The van der Waals surface area contributed by atoms with E-state index in [1.807, 2.05) is 24.3 Å². The molecule has 1 N–H and O–H groups in total. The molecule has 3 rings (SSSR count). The SMILES string of the molecule is CCCCc1ccc(NC(=O)c2ccc(OC)c(S(=O)(=O)N3CCCC3)c2)cc1. The molecule has 2 aromatic carbocycles. The summed E-state index contributed by atoms with van der Waals surface area (Å²) >= 11 is 0. The van der Waals surface area contributed by atoms with Gasteiger partial charge >= 0.3 is 0 Å². The van der Waals surface area contributed by atoms with Crippen LogP contribution in [0.1, 0.15) is 48.5 Å². The van der Waals surface area contributed by atoms with E-state index in [2.05, 4.69) is 12.2 Å². The number of amides is 1. The van der Waals surface area contributed by atoms with Crippen molar-refractivity contribution in [1.29, 1.82) is 0 Å². The number of benzene rings is 2. The van der Waals surface area contributed by atoms with E-state index in [0.29, 0.717) is 18.8 Å². The number of hydrogen-bond donors (Lipinski definition) is 1. The molecule has 0 bridgehead atoms. The molecule has 7 heteroatoms. The van der Waals surface area contributed by atoms with Crippen molar-refractivity contribution in [1.82, 2.24) is 4.31 Å². The van der Waals surface area contributed by atoms with Gasteiger partial charge in [0.2, 0.25) is 10.0 Å². The highest BCUT2D eigenvalue weighted by Gasteiger charge is 2.30.